The van der Waals surface area contributed by atoms with E-state index in [0.717, 1.165) is 37.0 Å². The summed E-state index contributed by atoms with van der Waals surface area (Å²) >= 11 is 6.38. The number of aliphatic hydroxyl groups excluding tert-OH is 1. The van der Waals surface area contributed by atoms with Gasteiger partial charge in [-0.15, -0.1) is 11.3 Å². The molecule has 3 N–H and O–H groups in total. The molecule has 2 atom stereocenters. The minimum Gasteiger partial charge on any atom is -0.497 e. The minimum absolute atomic E-state index is 0.0225. The molecule has 0 saturated heterocycles. The van der Waals surface area contributed by atoms with Crippen LogP contribution in [0.4, 0.5) is 0 Å². The fourth-order valence-electron chi connectivity index (χ4n) is 4.50. The first-order valence-electron chi connectivity index (χ1n) is 13.6. The monoisotopic (exact) mass is 585 g/mol. The normalized spacial score (nSPS) is 12.5. The van der Waals surface area contributed by atoms with Gasteiger partial charge in [-0.25, -0.2) is 0 Å². The summed E-state index contributed by atoms with van der Waals surface area (Å²) in [4.78, 5) is 28.0. The molecule has 8 nitrogen and oxygen atoms in total. The van der Waals surface area contributed by atoms with E-state index in [0.29, 0.717) is 28.9 Å². The molecule has 0 aliphatic carbocycles. The largest absolute Gasteiger partial charge is 0.497 e. The van der Waals surface area contributed by atoms with Gasteiger partial charge in [0.25, 0.3) is 0 Å². The number of benzene rings is 2. The van der Waals surface area contributed by atoms with Crippen molar-refractivity contribution in [2.45, 2.75) is 64.1 Å². The van der Waals surface area contributed by atoms with E-state index in [-0.39, 0.29) is 24.9 Å². The van der Waals surface area contributed by atoms with Gasteiger partial charge < -0.3 is 25.2 Å². The Morgan fingerprint density at radius 2 is 1.90 bits per heavy atom. The van der Waals surface area contributed by atoms with Gasteiger partial charge in [0.1, 0.15) is 12.3 Å². The van der Waals surface area contributed by atoms with Crippen LogP contribution in [0.1, 0.15) is 56.2 Å². The van der Waals surface area contributed by atoms with E-state index < -0.39 is 18.1 Å². The van der Waals surface area contributed by atoms with Crippen molar-refractivity contribution in [2.24, 2.45) is 0 Å². The lowest BCUT2D eigenvalue weighted by Gasteiger charge is -2.31. The molecule has 10 heteroatoms. The van der Waals surface area contributed by atoms with Crippen LogP contribution in [0.15, 0.2) is 60.0 Å². The second kappa shape index (κ2) is 16.2. The molecule has 2 aromatic carbocycles. The Morgan fingerprint density at radius 3 is 2.58 bits per heavy atom. The van der Waals surface area contributed by atoms with Crippen molar-refractivity contribution in [1.29, 1.82) is 0 Å². The number of aliphatic hydroxyl groups is 1. The third kappa shape index (κ3) is 9.46. The van der Waals surface area contributed by atoms with Gasteiger partial charge in [0.2, 0.25) is 17.7 Å². The van der Waals surface area contributed by atoms with Crippen LogP contribution in [-0.4, -0.2) is 57.8 Å². The first kappa shape index (κ1) is 31.3. The van der Waals surface area contributed by atoms with Gasteiger partial charge in [0, 0.05) is 19.5 Å². The average Bonchev–Trinajstić information content (AvgIpc) is 3.28. The summed E-state index contributed by atoms with van der Waals surface area (Å²) < 4.78 is 7.05. The molecule has 3 rings (SSSR count). The Kier molecular flexibility index (Phi) is 12.6. The van der Waals surface area contributed by atoms with Crippen LogP contribution in [0.5, 0.6) is 11.6 Å². The molecule has 0 spiro atoms. The molecule has 1 aromatic heterocycles. The molecule has 216 valence electrons. The van der Waals surface area contributed by atoms with Crippen LogP contribution in [0.2, 0.25) is 0 Å². The fourth-order valence-corrected chi connectivity index (χ4v) is 5.42. The third-order valence-corrected chi connectivity index (χ3v) is 7.99. The smallest absolute Gasteiger partial charge is 0.240 e. The summed E-state index contributed by atoms with van der Waals surface area (Å²) in [6.07, 6.45) is 3.87. The third-order valence-electron chi connectivity index (χ3n) is 6.73. The summed E-state index contributed by atoms with van der Waals surface area (Å²) in [5.41, 5.74) is 1.74. The van der Waals surface area contributed by atoms with Gasteiger partial charge in [-0.3, -0.25) is 14.2 Å². The lowest BCUT2D eigenvalue weighted by atomic mass is 10.00. The van der Waals surface area contributed by atoms with Crippen molar-refractivity contribution >= 4 is 35.4 Å². The number of aromatic nitrogens is 1. The van der Waals surface area contributed by atoms with E-state index in [2.05, 4.69) is 12.2 Å². The highest BCUT2D eigenvalue weighted by Gasteiger charge is 2.27. The molecule has 0 fully saturated rings. The maximum atomic E-state index is 13.3. The van der Waals surface area contributed by atoms with Gasteiger partial charge in [-0.1, -0.05) is 68.7 Å². The van der Waals surface area contributed by atoms with Gasteiger partial charge >= 0.3 is 0 Å². The zero-order chi connectivity index (χ0) is 28.9. The molecule has 1 unspecified atom stereocenters. The number of nitrogens with one attached hydrogen (secondary N) is 1. The number of hydrogen-bond acceptors (Lipinski definition) is 7. The van der Waals surface area contributed by atoms with Gasteiger partial charge in [0.05, 0.1) is 24.6 Å². The Labute approximate surface area is 245 Å². The summed E-state index contributed by atoms with van der Waals surface area (Å²) in [5.74, 6) is 0.232. The molecule has 2 amide bonds. The molecule has 0 saturated carbocycles. The van der Waals surface area contributed by atoms with Gasteiger partial charge in [-0.2, -0.15) is 0 Å². The molecular formula is C30H39N3O5S2. The average molecular weight is 586 g/mol. The molecule has 0 radical (unpaired) electrons. The number of ether oxygens (including phenoxy) is 1. The number of aromatic hydroxyl groups is 1. The maximum Gasteiger partial charge on any atom is 0.240 e. The molecule has 0 aliphatic heterocycles. The number of methoxy groups -OCH3 is 1. The second-order valence-electron chi connectivity index (χ2n) is 9.72. The van der Waals surface area contributed by atoms with Gasteiger partial charge in [0.15, 0.2) is 3.95 Å². The molecular weight excluding hydrogens is 546 g/mol. The predicted octanol–water partition coefficient (Wildman–Crippen LogP) is 5.25. The van der Waals surface area contributed by atoms with E-state index in [9.17, 15) is 19.8 Å². The molecule has 3 aromatic rings. The van der Waals surface area contributed by atoms with Crippen LogP contribution >= 0.6 is 23.6 Å². The van der Waals surface area contributed by atoms with Crippen molar-refractivity contribution in [3.05, 3.63) is 75.1 Å². The van der Waals surface area contributed by atoms with Crippen molar-refractivity contribution in [2.75, 3.05) is 20.2 Å². The number of carbonyl (C=O) groups is 2. The number of rotatable bonds is 16. The first-order valence-corrected chi connectivity index (χ1v) is 14.9. The van der Waals surface area contributed by atoms with Crippen LogP contribution in [-0.2, 0) is 22.6 Å². The minimum atomic E-state index is -1.07. The predicted molar refractivity (Wildman–Crippen MR) is 160 cm³/mol. The molecule has 1 heterocycles. The number of amides is 2. The van der Waals surface area contributed by atoms with Gasteiger partial charge in [-0.05, 0) is 48.3 Å². The van der Waals surface area contributed by atoms with Crippen LogP contribution in [0.3, 0.4) is 0 Å². The Morgan fingerprint density at radius 1 is 1.12 bits per heavy atom. The van der Waals surface area contributed by atoms with Crippen molar-refractivity contribution in [1.82, 2.24) is 14.8 Å². The van der Waals surface area contributed by atoms with E-state index in [1.807, 2.05) is 54.6 Å². The Balaban J connectivity index is 1.77. The first-order chi connectivity index (χ1) is 19.3. The van der Waals surface area contributed by atoms with E-state index in [1.165, 1.54) is 21.3 Å². The number of nitrogens with zero attached hydrogens (tertiary/aromatic N) is 2. The quantitative estimate of drug-likeness (QED) is 0.157. The summed E-state index contributed by atoms with van der Waals surface area (Å²) in [6, 6.07) is 16.1. The number of unbranched alkanes of at least 4 members (excludes halogenated alkanes) is 3. The lowest BCUT2D eigenvalue weighted by Crippen LogP contribution is -2.46. The number of hydrogen-bond donors (Lipinski definition) is 3. The molecule has 0 bridgehead atoms. The van der Waals surface area contributed by atoms with Crippen LogP contribution < -0.4 is 10.1 Å². The maximum absolute atomic E-state index is 13.3. The summed E-state index contributed by atoms with van der Waals surface area (Å²) in [7, 11) is 1.62. The Bertz CT molecular complexity index is 1280. The highest BCUT2D eigenvalue weighted by molar-refractivity contribution is 7.73. The summed E-state index contributed by atoms with van der Waals surface area (Å²) in [6.45, 7) is 2.42. The van der Waals surface area contributed by atoms with Crippen molar-refractivity contribution < 1.29 is 24.5 Å². The zero-order valence-electron chi connectivity index (χ0n) is 23.1. The lowest BCUT2D eigenvalue weighted by molar-refractivity contribution is -0.133. The molecule has 0 aliphatic rings. The fraction of sp³-hybridized carbons (Fsp3) is 0.433. The highest BCUT2D eigenvalue weighted by Crippen LogP contribution is 2.21. The summed E-state index contributed by atoms with van der Waals surface area (Å²) in [5, 5.41) is 25.9. The standard InChI is InChI=1S/C30H39N3O5S2/c1-3-4-5-9-15-27(36)32(17-16-22-11-10-14-24(18-22)38-2)19-25(34)29(23-12-7-6-8-13-23)31-26(35)20-33-28(37)21-40-30(33)39/h6-8,10-14,18,21,25,29,34,37H,3-5,9,15-17,19-20H2,1-2H3,(H,31,35)/t25?,29-/m0/s1. The van der Waals surface area contributed by atoms with Crippen LogP contribution in [0, 0.1) is 3.95 Å². The van der Waals surface area contributed by atoms with Crippen LogP contribution in [0.25, 0.3) is 0 Å². The topological polar surface area (TPSA) is 104 Å². The second-order valence-corrected chi connectivity index (χ2v) is 11.2. The Hall–Kier alpha value is -3.21. The number of thiazole rings is 1. The van der Waals surface area contributed by atoms with Crippen molar-refractivity contribution in [3.63, 3.8) is 0 Å². The van der Waals surface area contributed by atoms with E-state index >= 15 is 0 Å². The van der Waals surface area contributed by atoms with E-state index in [1.54, 1.807) is 12.0 Å². The molecule has 40 heavy (non-hydrogen) atoms. The van der Waals surface area contributed by atoms with E-state index in [4.69, 9.17) is 17.0 Å². The van der Waals surface area contributed by atoms with Crippen molar-refractivity contribution in [3.8, 4) is 11.6 Å². The SMILES string of the molecule is CCCCCCC(=O)N(CCc1cccc(OC)c1)CC(O)[C@@H](NC(=O)Cn1c(O)csc1=S)c1ccccc1. The highest BCUT2D eigenvalue weighted by atomic mass is 32.1. The number of carbonyl (C=O) groups excluding carboxylic acids is 2. The zero-order valence-corrected chi connectivity index (χ0v) is 24.8.